The van der Waals surface area contributed by atoms with E-state index in [9.17, 15) is 13.2 Å². The van der Waals surface area contributed by atoms with E-state index in [1.807, 2.05) is 6.92 Å². The number of halogens is 1. The number of piperazine rings is 1. The maximum absolute atomic E-state index is 13.0. The van der Waals surface area contributed by atoms with E-state index in [0.717, 1.165) is 12.8 Å². The topological polar surface area (TPSA) is 76.2 Å². The summed E-state index contributed by atoms with van der Waals surface area (Å²) in [6.07, 6.45) is 3.16. The van der Waals surface area contributed by atoms with Crippen molar-refractivity contribution in [1.29, 1.82) is 0 Å². The molecule has 0 aromatic heterocycles. The minimum absolute atomic E-state index is 0.115. The van der Waals surface area contributed by atoms with Crippen LogP contribution in [0.5, 0.6) is 11.5 Å². The van der Waals surface area contributed by atoms with Gasteiger partial charge in [-0.3, -0.25) is 9.69 Å². The summed E-state index contributed by atoms with van der Waals surface area (Å²) in [5.74, 6) is 0.972. The molecule has 29 heavy (non-hydrogen) atoms. The van der Waals surface area contributed by atoms with Gasteiger partial charge in [-0.05, 0) is 25.5 Å². The molecular formula is C20H31ClN2O5S. The molecule has 1 fully saturated rings. The van der Waals surface area contributed by atoms with Gasteiger partial charge in [-0.2, -0.15) is 0 Å². The average Bonchev–Trinajstić information content (AvgIpc) is 2.68. The first-order valence-corrected chi connectivity index (χ1v) is 12.5. The average molecular weight is 447 g/mol. The van der Waals surface area contributed by atoms with E-state index in [4.69, 9.17) is 21.1 Å². The highest BCUT2D eigenvalue weighted by Gasteiger charge is 2.24. The maximum atomic E-state index is 13.0. The Hall–Kier alpha value is -1.51. The highest BCUT2D eigenvalue weighted by Crippen LogP contribution is 2.37. The van der Waals surface area contributed by atoms with Gasteiger partial charge in [0.1, 0.15) is 9.84 Å². The lowest BCUT2D eigenvalue weighted by Crippen LogP contribution is -2.49. The van der Waals surface area contributed by atoms with Crippen LogP contribution in [0.3, 0.4) is 0 Å². The normalized spacial score (nSPS) is 15.4. The molecule has 0 saturated carbocycles. The monoisotopic (exact) mass is 446 g/mol. The number of hydrogen-bond donors (Lipinski definition) is 0. The van der Waals surface area contributed by atoms with Crippen LogP contribution < -0.4 is 9.47 Å². The lowest BCUT2D eigenvalue weighted by Gasteiger charge is -2.34. The van der Waals surface area contributed by atoms with Gasteiger partial charge in [-0.1, -0.05) is 24.9 Å². The van der Waals surface area contributed by atoms with Crippen LogP contribution in [0, 0.1) is 0 Å². The summed E-state index contributed by atoms with van der Waals surface area (Å²) in [7, 11) is -2.99. The van der Waals surface area contributed by atoms with E-state index in [-0.39, 0.29) is 11.7 Å². The minimum atomic E-state index is -2.99. The summed E-state index contributed by atoms with van der Waals surface area (Å²) in [6, 6.07) is 3.32. The Kier molecular flexibility index (Phi) is 9.04. The van der Waals surface area contributed by atoms with Crippen molar-refractivity contribution in [3.63, 3.8) is 0 Å². The van der Waals surface area contributed by atoms with Crippen LogP contribution in [0.25, 0.3) is 0 Å². The Morgan fingerprint density at radius 1 is 1.14 bits per heavy atom. The standard InChI is InChI=1S/C20H31ClN2O5S/c1-4-6-12-28-19-17(21)14-16(15-18(19)27-5-2)20(24)23-9-7-22(8-10-23)11-13-29(3,25)26/h14-15H,4-13H2,1-3H3. The summed E-state index contributed by atoms with van der Waals surface area (Å²) in [4.78, 5) is 16.8. The first-order chi connectivity index (χ1) is 13.7. The predicted octanol–water partition coefficient (Wildman–Crippen LogP) is 2.72. The van der Waals surface area contributed by atoms with Gasteiger partial charge in [0, 0.05) is 44.5 Å². The molecule has 0 unspecified atom stereocenters. The van der Waals surface area contributed by atoms with Gasteiger partial charge in [0.15, 0.2) is 11.5 Å². The highest BCUT2D eigenvalue weighted by atomic mass is 35.5. The zero-order chi connectivity index (χ0) is 21.4. The number of benzene rings is 1. The molecule has 0 radical (unpaired) electrons. The van der Waals surface area contributed by atoms with Crippen molar-refractivity contribution in [1.82, 2.24) is 9.80 Å². The molecule has 1 aromatic carbocycles. The van der Waals surface area contributed by atoms with Crippen LogP contribution in [-0.4, -0.2) is 82.1 Å². The summed E-state index contributed by atoms with van der Waals surface area (Å²) in [5, 5.41) is 0.363. The van der Waals surface area contributed by atoms with E-state index >= 15 is 0 Å². The van der Waals surface area contributed by atoms with Crippen LogP contribution >= 0.6 is 11.6 Å². The Labute approximate surface area is 178 Å². The van der Waals surface area contributed by atoms with Crippen molar-refractivity contribution < 1.29 is 22.7 Å². The van der Waals surface area contributed by atoms with Crippen LogP contribution in [0.1, 0.15) is 37.0 Å². The number of hydrogen-bond acceptors (Lipinski definition) is 6. The van der Waals surface area contributed by atoms with E-state index in [1.165, 1.54) is 6.26 Å². The summed E-state index contributed by atoms with van der Waals surface area (Å²) >= 11 is 6.40. The van der Waals surface area contributed by atoms with Gasteiger partial charge in [-0.25, -0.2) is 8.42 Å². The van der Waals surface area contributed by atoms with Crippen molar-refractivity contribution >= 4 is 27.3 Å². The van der Waals surface area contributed by atoms with Crippen molar-refractivity contribution in [2.45, 2.75) is 26.7 Å². The van der Waals surface area contributed by atoms with E-state index in [0.29, 0.717) is 68.0 Å². The number of carbonyl (C=O) groups is 1. The molecule has 1 saturated heterocycles. The molecule has 0 atom stereocenters. The molecule has 9 heteroatoms. The van der Waals surface area contributed by atoms with Crippen LogP contribution in [-0.2, 0) is 9.84 Å². The number of unbranched alkanes of at least 4 members (excludes halogenated alkanes) is 1. The van der Waals surface area contributed by atoms with E-state index < -0.39 is 9.84 Å². The molecular weight excluding hydrogens is 416 g/mol. The summed E-state index contributed by atoms with van der Waals surface area (Å²) in [5.41, 5.74) is 0.464. The fourth-order valence-electron chi connectivity index (χ4n) is 3.07. The number of rotatable bonds is 10. The number of ether oxygens (including phenoxy) is 2. The fourth-order valence-corrected chi connectivity index (χ4v) is 3.92. The Morgan fingerprint density at radius 2 is 1.83 bits per heavy atom. The van der Waals surface area contributed by atoms with Crippen LogP contribution in [0.15, 0.2) is 12.1 Å². The smallest absolute Gasteiger partial charge is 0.254 e. The molecule has 164 valence electrons. The summed E-state index contributed by atoms with van der Waals surface area (Å²) < 4.78 is 34.1. The minimum Gasteiger partial charge on any atom is -0.490 e. The molecule has 0 N–H and O–H groups in total. The molecule has 0 aliphatic carbocycles. The number of nitrogens with zero attached hydrogens (tertiary/aromatic N) is 2. The lowest BCUT2D eigenvalue weighted by atomic mass is 10.1. The second-order valence-electron chi connectivity index (χ2n) is 7.18. The third kappa shape index (κ3) is 7.35. The third-order valence-corrected chi connectivity index (χ3v) is 5.94. The SMILES string of the molecule is CCCCOc1c(Cl)cc(C(=O)N2CCN(CCS(C)(=O)=O)CC2)cc1OCC. The molecule has 0 spiro atoms. The Morgan fingerprint density at radius 3 is 2.41 bits per heavy atom. The van der Waals surface area contributed by atoms with Gasteiger partial charge >= 0.3 is 0 Å². The fraction of sp³-hybridized carbons (Fsp3) is 0.650. The third-order valence-electron chi connectivity index (χ3n) is 4.74. The number of amides is 1. The van der Waals surface area contributed by atoms with Crippen molar-refractivity contribution in [3.8, 4) is 11.5 Å². The number of carbonyl (C=O) groups excluding carboxylic acids is 1. The van der Waals surface area contributed by atoms with Gasteiger partial charge in [0.2, 0.25) is 0 Å². The highest BCUT2D eigenvalue weighted by molar-refractivity contribution is 7.90. The molecule has 1 aliphatic heterocycles. The first-order valence-electron chi connectivity index (χ1n) is 10.0. The van der Waals surface area contributed by atoms with Gasteiger partial charge in [0.05, 0.1) is 24.0 Å². The van der Waals surface area contributed by atoms with Crippen molar-refractivity contribution in [3.05, 3.63) is 22.7 Å². The van der Waals surface area contributed by atoms with Crippen molar-refractivity contribution in [2.75, 3.05) is 57.9 Å². The summed E-state index contributed by atoms with van der Waals surface area (Å²) in [6.45, 7) is 7.79. The van der Waals surface area contributed by atoms with Gasteiger partial charge in [-0.15, -0.1) is 0 Å². The van der Waals surface area contributed by atoms with Crippen molar-refractivity contribution in [2.24, 2.45) is 0 Å². The lowest BCUT2D eigenvalue weighted by molar-refractivity contribution is 0.0643. The molecule has 1 heterocycles. The molecule has 2 rings (SSSR count). The largest absolute Gasteiger partial charge is 0.490 e. The first kappa shape index (κ1) is 23.8. The molecule has 7 nitrogen and oxygen atoms in total. The molecule has 0 bridgehead atoms. The van der Waals surface area contributed by atoms with Gasteiger partial charge < -0.3 is 14.4 Å². The van der Waals surface area contributed by atoms with Crippen LogP contribution in [0.4, 0.5) is 0 Å². The maximum Gasteiger partial charge on any atom is 0.254 e. The van der Waals surface area contributed by atoms with Crippen LogP contribution in [0.2, 0.25) is 5.02 Å². The Balaban J connectivity index is 2.05. The molecule has 1 amide bonds. The van der Waals surface area contributed by atoms with E-state index in [1.54, 1.807) is 17.0 Å². The second-order valence-corrected chi connectivity index (χ2v) is 9.85. The molecule has 1 aromatic rings. The Bertz CT molecular complexity index is 792. The zero-order valence-electron chi connectivity index (χ0n) is 17.4. The van der Waals surface area contributed by atoms with Gasteiger partial charge in [0.25, 0.3) is 5.91 Å². The second kappa shape index (κ2) is 11.0. The quantitative estimate of drug-likeness (QED) is 0.514. The molecule has 1 aliphatic rings. The zero-order valence-corrected chi connectivity index (χ0v) is 19.0. The van der Waals surface area contributed by atoms with E-state index in [2.05, 4.69) is 11.8 Å². The number of sulfone groups is 1. The predicted molar refractivity (Wildman–Crippen MR) is 115 cm³/mol.